The monoisotopic (exact) mass is 224 g/mol. The average Bonchev–Trinajstić information content (AvgIpc) is 2.54. The van der Waals surface area contributed by atoms with Gasteiger partial charge in [0.15, 0.2) is 0 Å². The zero-order valence-corrected chi connectivity index (χ0v) is 11.6. The minimum absolute atomic E-state index is 0.580. The second kappa shape index (κ2) is 4.30. The summed E-state index contributed by atoms with van der Waals surface area (Å²) in [5.41, 5.74) is 0.580. The van der Waals surface area contributed by atoms with Gasteiger partial charge < -0.3 is 10.2 Å². The van der Waals surface area contributed by atoms with Gasteiger partial charge >= 0.3 is 0 Å². The van der Waals surface area contributed by atoms with Crippen LogP contribution in [0.1, 0.15) is 47.5 Å². The van der Waals surface area contributed by atoms with Crippen molar-refractivity contribution in [3.63, 3.8) is 0 Å². The molecule has 2 heteroatoms. The second-order valence-electron chi connectivity index (χ2n) is 6.83. The number of likely N-dealkylation sites (tertiary alicyclic amines) is 1. The molecule has 0 aromatic heterocycles. The molecule has 2 fully saturated rings. The molecule has 1 N–H and O–H groups in total. The lowest BCUT2D eigenvalue weighted by molar-refractivity contribution is 0.221. The molecule has 1 heterocycles. The summed E-state index contributed by atoms with van der Waals surface area (Å²) < 4.78 is 0. The first-order valence-corrected chi connectivity index (χ1v) is 6.91. The van der Waals surface area contributed by atoms with Gasteiger partial charge in [-0.15, -0.1) is 0 Å². The van der Waals surface area contributed by atoms with E-state index in [0.29, 0.717) is 11.5 Å². The van der Waals surface area contributed by atoms with Gasteiger partial charge in [0.05, 0.1) is 0 Å². The molecule has 0 radical (unpaired) electrons. The lowest BCUT2D eigenvalue weighted by Crippen LogP contribution is -2.37. The van der Waals surface area contributed by atoms with Crippen LogP contribution in [0.15, 0.2) is 0 Å². The molecule has 1 aliphatic heterocycles. The molecule has 2 aliphatic rings. The minimum atomic E-state index is 0.580. The Balaban J connectivity index is 1.95. The van der Waals surface area contributed by atoms with Gasteiger partial charge in [-0.1, -0.05) is 20.8 Å². The van der Waals surface area contributed by atoms with Crippen LogP contribution in [0.2, 0.25) is 0 Å². The molecule has 0 aromatic rings. The Labute approximate surface area is 101 Å². The van der Waals surface area contributed by atoms with Crippen molar-refractivity contribution in [2.24, 2.45) is 11.3 Å². The fourth-order valence-corrected chi connectivity index (χ4v) is 3.73. The van der Waals surface area contributed by atoms with Crippen LogP contribution in [0.4, 0.5) is 0 Å². The van der Waals surface area contributed by atoms with Crippen LogP contribution in [-0.2, 0) is 0 Å². The Morgan fingerprint density at radius 3 is 2.44 bits per heavy atom. The van der Waals surface area contributed by atoms with Gasteiger partial charge in [-0.25, -0.2) is 0 Å². The molecule has 2 rings (SSSR count). The molecule has 0 spiro atoms. The molecule has 1 unspecified atom stereocenters. The Kier molecular flexibility index (Phi) is 3.33. The quantitative estimate of drug-likeness (QED) is 0.792. The predicted molar refractivity (Wildman–Crippen MR) is 69.6 cm³/mol. The highest BCUT2D eigenvalue weighted by Crippen LogP contribution is 2.48. The lowest BCUT2D eigenvalue weighted by Gasteiger charge is -2.27. The van der Waals surface area contributed by atoms with Crippen molar-refractivity contribution < 1.29 is 0 Å². The summed E-state index contributed by atoms with van der Waals surface area (Å²) in [5.74, 6) is 0.922. The van der Waals surface area contributed by atoms with Crippen LogP contribution >= 0.6 is 0 Å². The first kappa shape index (κ1) is 12.4. The third-order valence-electron chi connectivity index (χ3n) is 4.59. The van der Waals surface area contributed by atoms with E-state index in [0.717, 1.165) is 18.0 Å². The topological polar surface area (TPSA) is 15.3 Å². The Bertz CT molecular complexity index is 249. The van der Waals surface area contributed by atoms with Crippen LogP contribution in [0, 0.1) is 11.3 Å². The van der Waals surface area contributed by atoms with E-state index in [1.54, 1.807) is 0 Å². The Hall–Kier alpha value is -0.0800. The molecule has 1 saturated heterocycles. The van der Waals surface area contributed by atoms with E-state index < -0.39 is 0 Å². The number of nitrogens with zero attached hydrogens (tertiary/aromatic N) is 1. The minimum Gasteiger partial charge on any atom is -0.312 e. The van der Waals surface area contributed by atoms with Crippen LogP contribution in [0.5, 0.6) is 0 Å². The maximum atomic E-state index is 3.72. The molecular weight excluding hydrogens is 196 g/mol. The molecule has 3 atom stereocenters. The number of nitrogens with one attached hydrogen (secondary N) is 1. The molecule has 0 aromatic carbocycles. The Morgan fingerprint density at radius 1 is 1.25 bits per heavy atom. The lowest BCUT2D eigenvalue weighted by atomic mass is 9.83. The van der Waals surface area contributed by atoms with E-state index in [1.807, 2.05) is 0 Å². The summed E-state index contributed by atoms with van der Waals surface area (Å²) in [6.45, 7) is 14.3. The first-order chi connectivity index (χ1) is 7.40. The highest BCUT2D eigenvalue weighted by molar-refractivity contribution is 5.03. The predicted octanol–water partition coefficient (Wildman–Crippen LogP) is 2.49. The summed E-state index contributed by atoms with van der Waals surface area (Å²) in [7, 11) is 0. The van der Waals surface area contributed by atoms with E-state index in [2.05, 4.69) is 44.8 Å². The fraction of sp³-hybridized carbons (Fsp3) is 1.00. The van der Waals surface area contributed by atoms with Gasteiger partial charge in [0.2, 0.25) is 0 Å². The van der Waals surface area contributed by atoms with Gasteiger partial charge in [-0.2, -0.15) is 0 Å². The van der Waals surface area contributed by atoms with Crippen molar-refractivity contribution in [1.82, 2.24) is 10.2 Å². The molecule has 94 valence electrons. The summed E-state index contributed by atoms with van der Waals surface area (Å²) in [6.07, 6.45) is 2.76. The Morgan fingerprint density at radius 2 is 1.94 bits per heavy atom. The highest BCUT2D eigenvalue weighted by Gasteiger charge is 2.49. The van der Waals surface area contributed by atoms with Crippen molar-refractivity contribution in [2.75, 3.05) is 13.1 Å². The standard InChI is InChI=1S/C14H28N2/c1-10(2)15-13-6-12-8-16(11(3)4)9-14(12,5)7-13/h10-13,15H,6-9H2,1-5H3/t12-,13?,14+/m0/s1. The zero-order valence-electron chi connectivity index (χ0n) is 11.6. The smallest absolute Gasteiger partial charge is 0.00785 e. The third-order valence-corrected chi connectivity index (χ3v) is 4.59. The maximum absolute atomic E-state index is 3.72. The van der Waals surface area contributed by atoms with Crippen molar-refractivity contribution in [3.05, 3.63) is 0 Å². The van der Waals surface area contributed by atoms with E-state index in [1.165, 1.54) is 25.9 Å². The molecule has 1 saturated carbocycles. The van der Waals surface area contributed by atoms with Gasteiger partial charge in [0.1, 0.15) is 0 Å². The normalized spacial score (nSPS) is 39.9. The third kappa shape index (κ3) is 2.28. The number of fused-ring (bicyclic) bond motifs is 1. The maximum Gasteiger partial charge on any atom is 0.00785 e. The van der Waals surface area contributed by atoms with E-state index >= 15 is 0 Å². The van der Waals surface area contributed by atoms with Crippen molar-refractivity contribution in [1.29, 1.82) is 0 Å². The molecule has 1 aliphatic carbocycles. The molecule has 0 bridgehead atoms. The number of hydrogen-bond acceptors (Lipinski definition) is 2. The number of rotatable bonds is 3. The van der Waals surface area contributed by atoms with Crippen molar-refractivity contribution in [2.45, 2.75) is 65.6 Å². The molecule has 2 nitrogen and oxygen atoms in total. The number of hydrogen-bond donors (Lipinski definition) is 1. The van der Waals surface area contributed by atoms with Crippen LogP contribution in [-0.4, -0.2) is 36.1 Å². The summed E-state index contributed by atoms with van der Waals surface area (Å²) in [5, 5.41) is 3.72. The van der Waals surface area contributed by atoms with E-state index in [4.69, 9.17) is 0 Å². The molecular formula is C14H28N2. The van der Waals surface area contributed by atoms with Gasteiger partial charge in [-0.3, -0.25) is 0 Å². The largest absolute Gasteiger partial charge is 0.312 e. The SMILES string of the molecule is CC(C)NC1C[C@H]2CN(C(C)C)C[C@@]2(C)C1. The van der Waals surface area contributed by atoms with Crippen LogP contribution < -0.4 is 5.32 Å². The fourth-order valence-electron chi connectivity index (χ4n) is 3.73. The van der Waals surface area contributed by atoms with E-state index in [9.17, 15) is 0 Å². The second-order valence-corrected chi connectivity index (χ2v) is 6.83. The van der Waals surface area contributed by atoms with Crippen LogP contribution in [0.25, 0.3) is 0 Å². The zero-order chi connectivity index (χ0) is 11.9. The first-order valence-electron chi connectivity index (χ1n) is 6.91. The molecule has 16 heavy (non-hydrogen) atoms. The summed E-state index contributed by atoms with van der Waals surface area (Å²) in [4.78, 5) is 2.66. The molecule has 0 amide bonds. The summed E-state index contributed by atoms with van der Waals surface area (Å²) in [6, 6.07) is 2.12. The van der Waals surface area contributed by atoms with Gasteiger partial charge in [-0.05, 0) is 38.0 Å². The highest BCUT2D eigenvalue weighted by atomic mass is 15.2. The van der Waals surface area contributed by atoms with Crippen molar-refractivity contribution >= 4 is 0 Å². The van der Waals surface area contributed by atoms with Gasteiger partial charge in [0, 0.05) is 31.2 Å². The average molecular weight is 224 g/mol. The van der Waals surface area contributed by atoms with Crippen molar-refractivity contribution in [3.8, 4) is 0 Å². The van der Waals surface area contributed by atoms with Crippen LogP contribution in [0.3, 0.4) is 0 Å². The van der Waals surface area contributed by atoms with Gasteiger partial charge in [0.25, 0.3) is 0 Å². The van der Waals surface area contributed by atoms with E-state index in [-0.39, 0.29) is 0 Å². The summed E-state index contributed by atoms with van der Waals surface area (Å²) >= 11 is 0.